The summed E-state index contributed by atoms with van der Waals surface area (Å²) in [4.78, 5) is 52.4. The maximum absolute atomic E-state index is 14.0. The van der Waals surface area contributed by atoms with Crippen molar-refractivity contribution in [2.45, 2.75) is 71.9 Å². The van der Waals surface area contributed by atoms with Gasteiger partial charge >= 0.3 is 17.8 Å². The number of hydrogen-bond donors (Lipinski definition) is 1. The molecule has 0 saturated carbocycles. The van der Waals surface area contributed by atoms with E-state index < -0.39 is 50.8 Å². The van der Waals surface area contributed by atoms with Gasteiger partial charge in [0, 0.05) is 53.9 Å². The van der Waals surface area contributed by atoms with Gasteiger partial charge in [0.1, 0.15) is 0 Å². The summed E-state index contributed by atoms with van der Waals surface area (Å²) in [6.07, 6.45) is -3.68. The number of nitro benzene ring substituents is 1. The minimum absolute atomic E-state index is 0.0401. The van der Waals surface area contributed by atoms with E-state index in [1.54, 1.807) is 12.1 Å². The summed E-state index contributed by atoms with van der Waals surface area (Å²) in [7, 11) is 1.31. The Labute approximate surface area is 282 Å². The molecular formula is C34H34BrF3N2O8. The normalized spacial score (nSPS) is 19.2. The van der Waals surface area contributed by atoms with E-state index in [0.717, 1.165) is 6.07 Å². The quantitative estimate of drug-likeness (QED) is 0.210. The topological polar surface area (TPSA) is 136 Å². The van der Waals surface area contributed by atoms with Gasteiger partial charge in [0.05, 0.1) is 28.5 Å². The van der Waals surface area contributed by atoms with Crippen LogP contribution in [0, 0.1) is 20.9 Å². The molecule has 0 atom stereocenters. The molecule has 0 saturated heterocycles. The number of nitro groups is 1. The molecule has 0 amide bonds. The molecule has 5 rings (SSSR count). The zero-order valence-corrected chi connectivity index (χ0v) is 28.5. The number of ether oxygens (including phenoxy) is 2. The van der Waals surface area contributed by atoms with Crippen LogP contribution in [0.5, 0.6) is 17.2 Å². The Morgan fingerprint density at radius 1 is 1.00 bits per heavy atom. The molecule has 2 aliphatic carbocycles. The molecular weight excluding hydrogens is 701 g/mol. The number of Topliss-reactive ketones (excluding diaryl/α,β-unsaturated/α-hetero) is 2. The maximum Gasteiger partial charge on any atom is 0.416 e. The lowest BCUT2D eigenvalue weighted by Crippen LogP contribution is -2.45. The lowest BCUT2D eigenvalue weighted by Gasteiger charge is -2.49. The Balaban J connectivity index is 1.69. The van der Waals surface area contributed by atoms with Crippen LogP contribution in [0.25, 0.3) is 0 Å². The second-order valence-electron chi connectivity index (χ2n) is 13.9. The molecule has 256 valence electrons. The summed E-state index contributed by atoms with van der Waals surface area (Å²) in [5.41, 5.74) is -0.378. The Bertz CT molecular complexity index is 1760. The van der Waals surface area contributed by atoms with Crippen molar-refractivity contribution in [2.75, 3.05) is 13.7 Å². The predicted molar refractivity (Wildman–Crippen MR) is 171 cm³/mol. The van der Waals surface area contributed by atoms with Gasteiger partial charge in [-0.2, -0.15) is 13.2 Å². The van der Waals surface area contributed by atoms with E-state index in [-0.39, 0.29) is 53.3 Å². The van der Waals surface area contributed by atoms with Crippen LogP contribution in [0.1, 0.15) is 76.8 Å². The number of alkyl halides is 3. The highest BCUT2D eigenvalue weighted by atomic mass is 79.9. The number of aliphatic carboxylic acids is 1. The first-order valence-corrected chi connectivity index (χ1v) is 15.9. The van der Waals surface area contributed by atoms with Crippen LogP contribution in [0.3, 0.4) is 0 Å². The van der Waals surface area contributed by atoms with Crippen LogP contribution in [0.4, 0.5) is 18.9 Å². The minimum Gasteiger partial charge on any atom is -0.493 e. The van der Waals surface area contributed by atoms with Gasteiger partial charge in [-0.05, 0) is 69.4 Å². The molecule has 1 N–H and O–H groups in total. The minimum atomic E-state index is -4.81. The van der Waals surface area contributed by atoms with Crippen molar-refractivity contribution >= 4 is 39.2 Å². The number of halogens is 4. The van der Waals surface area contributed by atoms with Gasteiger partial charge in [-0.15, -0.1) is 0 Å². The van der Waals surface area contributed by atoms with Crippen LogP contribution < -0.4 is 9.47 Å². The van der Waals surface area contributed by atoms with Gasteiger partial charge in [0.2, 0.25) is 5.75 Å². The molecule has 10 nitrogen and oxygen atoms in total. The standard InChI is InChI=1S/C34H34BrF3N2O8/c1-32(2)13-21-29(23(41)15-32)28(30-22(39(21)9-8-27(43)44)14-33(3,4)16-24(30)42)17-10-19(35)31(26(11-17)47-5)48-25-7-6-18(34(36,37)38)12-20(25)40(45)46/h6-7,10-12,28H,8-9,13-16H2,1-5H3,(H,43,44). The van der Waals surface area contributed by atoms with E-state index in [2.05, 4.69) is 15.9 Å². The number of carbonyl (C=O) groups excluding carboxylic acids is 2. The SMILES string of the molecule is COc1cc(C2C3=C(CC(C)(C)CC3=O)N(CCC(=O)O)C3=C2C(=O)CC(C)(C)C3)cc(Br)c1Oc1ccc(C(F)(F)F)cc1[N+](=O)[O-]. The van der Waals surface area contributed by atoms with E-state index in [1.807, 2.05) is 32.6 Å². The second kappa shape index (κ2) is 12.4. The van der Waals surface area contributed by atoms with E-state index in [9.17, 15) is 42.8 Å². The third kappa shape index (κ3) is 6.71. The number of carboxylic acid groups (broad SMARTS) is 1. The highest BCUT2D eigenvalue weighted by molar-refractivity contribution is 9.10. The first-order valence-electron chi connectivity index (χ1n) is 15.2. The Hall–Kier alpha value is -4.20. The summed E-state index contributed by atoms with van der Waals surface area (Å²) in [5, 5.41) is 21.3. The number of allylic oxidation sites excluding steroid dienone is 4. The largest absolute Gasteiger partial charge is 0.493 e. The first kappa shape index (κ1) is 35.1. The van der Waals surface area contributed by atoms with Crippen LogP contribution in [0.15, 0.2) is 57.3 Å². The fourth-order valence-electron chi connectivity index (χ4n) is 6.90. The predicted octanol–water partition coefficient (Wildman–Crippen LogP) is 8.34. The van der Waals surface area contributed by atoms with E-state index in [4.69, 9.17) is 9.47 Å². The molecule has 48 heavy (non-hydrogen) atoms. The summed E-state index contributed by atoms with van der Waals surface area (Å²) >= 11 is 3.43. The highest BCUT2D eigenvalue weighted by Crippen LogP contribution is 2.56. The summed E-state index contributed by atoms with van der Waals surface area (Å²) in [6, 6.07) is 5.05. The number of methoxy groups -OCH3 is 1. The van der Waals surface area contributed by atoms with Crippen molar-refractivity contribution in [3.05, 3.63) is 78.6 Å². The average Bonchev–Trinajstić information content (AvgIpc) is 2.94. The van der Waals surface area contributed by atoms with Crippen LogP contribution in [-0.4, -0.2) is 46.1 Å². The second-order valence-corrected chi connectivity index (χ2v) is 14.8. The first-order chi connectivity index (χ1) is 22.2. The van der Waals surface area contributed by atoms with Gasteiger partial charge < -0.3 is 19.5 Å². The lowest BCUT2D eigenvalue weighted by atomic mass is 9.63. The Kier molecular flexibility index (Phi) is 9.04. The molecule has 1 aliphatic heterocycles. The maximum atomic E-state index is 14.0. The van der Waals surface area contributed by atoms with Crippen LogP contribution in [0.2, 0.25) is 0 Å². The number of carboxylic acids is 1. The molecule has 0 fully saturated rings. The van der Waals surface area contributed by atoms with Crippen molar-refractivity contribution in [1.29, 1.82) is 0 Å². The molecule has 14 heteroatoms. The van der Waals surface area contributed by atoms with Crippen molar-refractivity contribution in [3.63, 3.8) is 0 Å². The number of carbonyl (C=O) groups is 3. The van der Waals surface area contributed by atoms with E-state index in [1.165, 1.54) is 7.11 Å². The number of hydrogen-bond acceptors (Lipinski definition) is 8. The molecule has 2 aromatic rings. The molecule has 0 unspecified atom stereocenters. The molecule has 1 heterocycles. The van der Waals surface area contributed by atoms with Gasteiger partial charge in [-0.3, -0.25) is 24.5 Å². The average molecular weight is 736 g/mol. The van der Waals surface area contributed by atoms with Crippen molar-refractivity contribution in [1.82, 2.24) is 4.90 Å². The van der Waals surface area contributed by atoms with Crippen molar-refractivity contribution < 1.29 is 47.1 Å². The number of ketones is 2. The number of nitrogens with zero attached hydrogens (tertiary/aromatic N) is 2. The number of benzene rings is 2. The zero-order valence-electron chi connectivity index (χ0n) is 26.9. The van der Waals surface area contributed by atoms with Gasteiger partial charge in [0.15, 0.2) is 23.1 Å². The fraction of sp³-hybridized carbons (Fsp3) is 0.441. The summed E-state index contributed by atoms with van der Waals surface area (Å²) in [6.45, 7) is 7.94. The van der Waals surface area contributed by atoms with Gasteiger partial charge in [-0.25, -0.2) is 0 Å². The summed E-state index contributed by atoms with van der Waals surface area (Å²) in [5.74, 6) is -2.68. The Morgan fingerprint density at radius 3 is 2.04 bits per heavy atom. The molecule has 0 bridgehead atoms. The zero-order chi connectivity index (χ0) is 35.5. The summed E-state index contributed by atoms with van der Waals surface area (Å²) < 4.78 is 51.5. The molecule has 3 aliphatic rings. The van der Waals surface area contributed by atoms with Crippen LogP contribution >= 0.6 is 15.9 Å². The van der Waals surface area contributed by atoms with Gasteiger partial charge in [0.25, 0.3) is 0 Å². The third-order valence-corrected chi connectivity index (χ3v) is 9.44. The number of rotatable bonds is 8. The van der Waals surface area contributed by atoms with E-state index >= 15 is 0 Å². The van der Waals surface area contributed by atoms with Gasteiger partial charge in [-0.1, -0.05) is 27.7 Å². The molecule has 0 spiro atoms. The monoisotopic (exact) mass is 734 g/mol. The molecule has 2 aromatic carbocycles. The molecule has 0 radical (unpaired) electrons. The highest BCUT2D eigenvalue weighted by Gasteiger charge is 2.49. The lowest BCUT2D eigenvalue weighted by molar-refractivity contribution is -0.385. The van der Waals surface area contributed by atoms with E-state index in [0.29, 0.717) is 53.1 Å². The van der Waals surface area contributed by atoms with Crippen LogP contribution in [-0.2, 0) is 20.6 Å². The van der Waals surface area contributed by atoms with Crippen molar-refractivity contribution in [2.24, 2.45) is 10.8 Å². The third-order valence-electron chi connectivity index (χ3n) is 8.85. The fourth-order valence-corrected chi connectivity index (χ4v) is 7.44. The molecule has 0 aromatic heterocycles. The van der Waals surface area contributed by atoms with Crippen molar-refractivity contribution in [3.8, 4) is 17.2 Å². The smallest absolute Gasteiger partial charge is 0.416 e. The Morgan fingerprint density at radius 2 is 1.56 bits per heavy atom.